The van der Waals surface area contributed by atoms with Gasteiger partial charge in [0.05, 0.1) is 0 Å². The lowest BCUT2D eigenvalue weighted by Crippen LogP contribution is -2.62. The number of nitrogens with one attached hydrogen (secondary N) is 1. The molecule has 9 heteroatoms. The van der Waals surface area contributed by atoms with Gasteiger partial charge in [0, 0.05) is 18.9 Å². The van der Waals surface area contributed by atoms with Gasteiger partial charge in [-0.25, -0.2) is 14.6 Å². The lowest BCUT2D eigenvalue weighted by atomic mass is 9.98. The fourth-order valence-electron chi connectivity index (χ4n) is 5.53. The molecule has 2 atom stereocenters. The molecule has 2 saturated heterocycles. The summed E-state index contributed by atoms with van der Waals surface area (Å²) >= 11 is 0. The van der Waals surface area contributed by atoms with E-state index in [-0.39, 0.29) is 31.3 Å². The van der Waals surface area contributed by atoms with E-state index in [9.17, 15) is 19.2 Å². The molecule has 2 unspecified atom stereocenters. The Morgan fingerprint density at radius 2 is 1.61 bits per heavy atom. The molecule has 5 rings (SSSR count). The van der Waals surface area contributed by atoms with Crippen molar-refractivity contribution in [2.75, 3.05) is 13.2 Å². The van der Waals surface area contributed by atoms with Crippen molar-refractivity contribution in [2.24, 2.45) is 0 Å². The van der Waals surface area contributed by atoms with Crippen molar-refractivity contribution in [2.45, 2.75) is 70.1 Å². The van der Waals surface area contributed by atoms with E-state index in [2.05, 4.69) is 17.4 Å². The van der Waals surface area contributed by atoms with Crippen LogP contribution in [0.4, 0.5) is 4.79 Å². The van der Waals surface area contributed by atoms with E-state index in [1.165, 1.54) is 10.0 Å². The van der Waals surface area contributed by atoms with Gasteiger partial charge in [-0.05, 0) is 62.3 Å². The van der Waals surface area contributed by atoms with Gasteiger partial charge in [-0.2, -0.15) is 0 Å². The highest BCUT2D eigenvalue weighted by Gasteiger charge is 2.46. The van der Waals surface area contributed by atoms with Gasteiger partial charge in [-0.15, -0.1) is 0 Å². The van der Waals surface area contributed by atoms with E-state index in [4.69, 9.17) is 9.47 Å². The molecule has 0 spiro atoms. The Morgan fingerprint density at radius 3 is 2.24 bits per heavy atom. The average Bonchev–Trinajstić information content (AvgIpc) is 3.15. The summed E-state index contributed by atoms with van der Waals surface area (Å²) < 4.78 is 11.2. The molecule has 3 amide bonds. The summed E-state index contributed by atoms with van der Waals surface area (Å²) in [6.07, 6.45) is 0.399. The molecule has 1 N–H and O–H groups in total. The van der Waals surface area contributed by atoms with E-state index >= 15 is 0 Å². The van der Waals surface area contributed by atoms with Crippen LogP contribution in [0.5, 0.6) is 0 Å². The van der Waals surface area contributed by atoms with Gasteiger partial charge in [-0.1, -0.05) is 48.5 Å². The van der Waals surface area contributed by atoms with E-state index < -0.39 is 35.7 Å². The number of fused-ring (bicyclic) bond motifs is 4. The van der Waals surface area contributed by atoms with Gasteiger partial charge in [0.25, 0.3) is 5.91 Å². The number of carbonyl (C=O) groups excluding carboxylic acids is 4. The maximum absolute atomic E-state index is 13.6. The maximum atomic E-state index is 13.6. The number of hydrogen-bond donors (Lipinski definition) is 1. The van der Waals surface area contributed by atoms with Gasteiger partial charge in [0.1, 0.15) is 18.2 Å². The highest BCUT2D eigenvalue weighted by atomic mass is 16.6. The number of esters is 1. The van der Waals surface area contributed by atoms with Crippen LogP contribution in [0.25, 0.3) is 11.1 Å². The molecule has 0 aromatic heterocycles. The normalized spacial score (nSPS) is 21.2. The third kappa shape index (κ3) is 4.97. The summed E-state index contributed by atoms with van der Waals surface area (Å²) in [6, 6.07) is 14.1. The monoisotopic (exact) mass is 519 g/mol. The first-order valence-electron chi connectivity index (χ1n) is 13.1. The van der Waals surface area contributed by atoms with Crippen LogP contribution in [0.3, 0.4) is 0 Å². The zero-order chi connectivity index (χ0) is 27.0. The van der Waals surface area contributed by atoms with Gasteiger partial charge < -0.3 is 14.8 Å². The van der Waals surface area contributed by atoms with Crippen LogP contribution >= 0.6 is 0 Å². The van der Waals surface area contributed by atoms with Crippen LogP contribution < -0.4 is 5.32 Å². The number of nitrogens with zero attached hydrogens (tertiary/aromatic N) is 2. The Balaban J connectivity index is 1.29. The summed E-state index contributed by atoms with van der Waals surface area (Å²) in [5.74, 6) is -1.46. The quantitative estimate of drug-likeness (QED) is 0.617. The molecular formula is C29H33N3O6. The van der Waals surface area contributed by atoms with Gasteiger partial charge in [0.15, 0.2) is 6.04 Å². The summed E-state index contributed by atoms with van der Waals surface area (Å²) in [4.78, 5) is 52.3. The zero-order valence-corrected chi connectivity index (χ0v) is 21.9. The Bertz CT molecular complexity index is 1220. The Kier molecular flexibility index (Phi) is 6.86. The van der Waals surface area contributed by atoms with Crippen molar-refractivity contribution in [3.05, 3.63) is 59.7 Å². The molecule has 38 heavy (non-hydrogen) atoms. The lowest BCUT2D eigenvalue weighted by molar-refractivity contribution is -0.187. The van der Waals surface area contributed by atoms with Crippen molar-refractivity contribution in [1.82, 2.24) is 15.3 Å². The molecule has 1 aliphatic carbocycles. The van der Waals surface area contributed by atoms with Gasteiger partial charge in [-0.3, -0.25) is 14.6 Å². The van der Waals surface area contributed by atoms with Crippen LogP contribution in [0.2, 0.25) is 0 Å². The number of hydrogen-bond acceptors (Lipinski definition) is 6. The predicted molar refractivity (Wildman–Crippen MR) is 139 cm³/mol. The molecule has 0 bridgehead atoms. The van der Waals surface area contributed by atoms with Crippen LogP contribution in [-0.4, -0.2) is 64.7 Å². The summed E-state index contributed by atoms with van der Waals surface area (Å²) in [7, 11) is 0. The molecule has 2 fully saturated rings. The largest absolute Gasteiger partial charge is 0.458 e. The molecule has 0 saturated carbocycles. The summed E-state index contributed by atoms with van der Waals surface area (Å²) in [5.41, 5.74) is 3.67. The zero-order valence-electron chi connectivity index (χ0n) is 21.9. The minimum Gasteiger partial charge on any atom is -0.458 e. The van der Waals surface area contributed by atoms with Crippen molar-refractivity contribution >= 4 is 23.9 Å². The highest BCUT2D eigenvalue weighted by molar-refractivity contribution is 5.93. The van der Waals surface area contributed by atoms with Crippen LogP contribution in [0, 0.1) is 0 Å². The molecule has 0 radical (unpaired) electrons. The first-order valence-corrected chi connectivity index (χ1v) is 13.1. The van der Waals surface area contributed by atoms with Crippen LogP contribution in [0.15, 0.2) is 48.5 Å². The number of benzene rings is 2. The standard InChI is InChI=1S/C29H33N3O6/c1-29(2,3)38-27(35)24-13-8-16-31-25(33)15-14-23(26(34)32(24)31)30-28(36)37-17-22-20-11-6-4-9-18(20)19-10-5-7-12-21(19)22/h4-7,9-12,22-24H,8,13-17H2,1-3H3,(H,30,36). The second kappa shape index (κ2) is 10.1. The van der Waals surface area contributed by atoms with Crippen molar-refractivity contribution in [3.8, 4) is 11.1 Å². The SMILES string of the molecule is CC(C)(C)OC(=O)C1CCCN2C(=O)CCC(NC(=O)OCC3c4ccccc4-c4ccccc43)C(=O)N12. The first-order chi connectivity index (χ1) is 18.1. The van der Waals surface area contributed by atoms with Crippen molar-refractivity contribution in [1.29, 1.82) is 0 Å². The number of amides is 3. The predicted octanol–water partition coefficient (Wildman–Crippen LogP) is 3.76. The second-order valence-corrected chi connectivity index (χ2v) is 11.0. The van der Waals surface area contributed by atoms with Gasteiger partial charge >= 0.3 is 12.1 Å². The topological polar surface area (TPSA) is 105 Å². The minimum atomic E-state index is -0.998. The Hall–Kier alpha value is -3.88. The molecule has 200 valence electrons. The van der Waals surface area contributed by atoms with Crippen LogP contribution in [-0.2, 0) is 23.9 Å². The third-order valence-corrected chi connectivity index (χ3v) is 7.18. The molecule has 2 aromatic rings. The fourth-order valence-corrected chi connectivity index (χ4v) is 5.53. The lowest BCUT2D eigenvalue weighted by Gasteiger charge is -2.43. The molecule has 2 aromatic carbocycles. The van der Waals surface area contributed by atoms with E-state index in [0.717, 1.165) is 22.3 Å². The average molecular weight is 520 g/mol. The molecule has 2 heterocycles. The Labute approximate surface area is 222 Å². The molecule has 9 nitrogen and oxygen atoms in total. The number of alkyl carbamates (subject to hydrolysis) is 1. The number of ether oxygens (including phenoxy) is 2. The molecule has 2 aliphatic heterocycles. The minimum absolute atomic E-state index is 0.0671. The fraction of sp³-hybridized carbons (Fsp3) is 0.448. The van der Waals surface area contributed by atoms with E-state index in [0.29, 0.717) is 19.4 Å². The Morgan fingerprint density at radius 1 is 0.974 bits per heavy atom. The van der Waals surface area contributed by atoms with Crippen molar-refractivity contribution < 1.29 is 28.7 Å². The smallest absolute Gasteiger partial charge is 0.407 e. The third-order valence-electron chi connectivity index (χ3n) is 7.18. The highest BCUT2D eigenvalue weighted by Crippen LogP contribution is 2.44. The van der Waals surface area contributed by atoms with Gasteiger partial charge in [0.2, 0.25) is 5.91 Å². The number of hydrazine groups is 1. The number of carbonyl (C=O) groups is 4. The molecule has 3 aliphatic rings. The second-order valence-electron chi connectivity index (χ2n) is 11.0. The maximum Gasteiger partial charge on any atom is 0.407 e. The van der Waals surface area contributed by atoms with E-state index in [1.54, 1.807) is 20.8 Å². The first kappa shape index (κ1) is 25.8. The van der Waals surface area contributed by atoms with Crippen LogP contribution in [0.1, 0.15) is 63.5 Å². The van der Waals surface area contributed by atoms with E-state index in [1.807, 2.05) is 36.4 Å². The number of rotatable bonds is 4. The molecular weight excluding hydrogens is 486 g/mol. The summed E-state index contributed by atoms with van der Waals surface area (Å²) in [6.45, 7) is 5.70. The van der Waals surface area contributed by atoms with Crippen molar-refractivity contribution in [3.63, 3.8) is 0 Å². The summed E-state index contributed by atoms with van der Waals surface area (Å²) in [5, 5.41) is 5.19.